The normalized spacial score (nSPS) is 20.4. The number of aromatic nitrogens is 5. The Kier molecular flexibility index (Phi) is 3.01. The molecule has 2 saturated carbocycles. The first-order valence-corrected chi connectivity index (χ1v) is 7.72. The van der Waals surface area contributed by atoms with Crippen LogP contribution in [0.5, 0.6) is 0 Å². The maximum Gasteiger partial charge on any atom is 0.200 e. The van der Waals surface area contributed by atoms with E-state index in [1.165, 1.54) is 49.6 Å². The standard InChI is InChI=1S/C14H20N6/c1-2-4-12(5-3-1)19(10-11-6-7-11)14-9-8-13-15-17-18-20(13)16-14/h8-9,11-12H,1-7,10H2. The highest BCUT2D eigenvalue weighted by Crippen LogP contribution is 2.34. The molecule has 2 heterocycles. The summed E-state index contributed by atoms with van der Waals surface area (Å²) in [6.45, 7) is 1.14. The van der Waals surface area contributed by atoms with Crippen molar-refractivity contribution in [1.29, 1.82) is 0 Å². The predicted octanol–water partition coefficient (Wildman–Crippen LogP) is 2.07. The number of anilines is 1. The second-order valence-corrected chi connectivity index (χ2v) is 6.11. The number of tetrazole rings is 1. The summed E-state index contributed by atoms with van der Waals surface area (Å²) in [6, 6.07) is 4.68. The van der Waals surface area contributed by atoms with Gasteiger partial charge in [-0.3, -0.25) is 0 Å². The van der Waals surface area contributed by atoms with Gasteiger partial charge in [0, 0.05) is 12.6 Å². The molecule has 0 amide bonds. The lowest BCUT2D eigenvalue weighted by molar-refractivity contribution is 0.407. The van der Waals surface area contributed by atoms with Crippen LogP contribution >= 0.6 is 0 Å². The van der Waals surface area contributed by atoms with Crippen molar-refractivity contribution in [2.45, 2.75) is 51.0 Å². The van der Waals surface area contributed by atoms with Crippen LogP contribution in [0.1, 0.15) is 44.9 Å². The molecule has 2 aliphatic carbocycles. The lowest BCUT2D eigenvalue weighted by atomic mass is 9.94. The van der Waals surface area contributed by atoms with Crippen LogP contribution in [0.3, 0.4) is 0 Å². The van der Waals surface area contributed by atoms with Crippen LogP contribution in [-0.2, 0) is 0 Å². The molecule has 6 heteroatoms. The van der Waals surface area contributed by atoms with Gasteiger partial charge in [0.2, 0.25) is 0 Å². The zero-order valence-electron chi connectivity index (χ0n) is 11.6. The molecule has 0 aromatic carbocycles. The van der Waals surface area contributed by atoms with Crippen LogP contribution in [0.25, 0.3) is 5.65 Å². The van der Waals surface area contributed by atoms with Gasteiger partial charge in [0.1, 0.15) is 0 Å². The first kappa shape index (κ1) is 12.1. The molecule has 2 aromatic rings. The van der Waals surface area contributed by atoms with Crippen molar-refractivity contribution in [1.82, 2.24) is 25.3 Å². The Hall–Kier alpha value is -1.72. The minimum Gasteiger partial charge on any atom is -0.352 e. The molecule has 2 aromatic heterocycles. The molecule has 2 aliphatic rings. The molecule has 0 atom stereocenters. The fraction of sp³-hybridized carbons (Fsp3) is 0.714. The second-order valence-electron chi connectivity index (χ2n) is 6.11. The third-order valence-corrected chi connectivity index (χ3v) is 4.52. The molecule has 106 valence electrons. The Labute approximate surface area is 118 Å². The summed E-state index contributed by atoms with van der Waals surface area (Å²) in [5.74, 6) is 1.90. The van der Waals surface area contributed by atoms with Gasteiger partial charge < -0.3 is 4.90 Å². The number of rotatable bonds is 4. The van der Waals surface area contributed by atoms with Gasteiger partial charge in [-0.15, -0.1) is 14.8 Å². The van der Waals surface area contributed by atoms with E-state index >= 15 is 0 Å². The van der Waals surface area contributed by atoms with Gasteiger partial charge in [0.25, 0.3) is 0 Å². The lowest BCUT2D eigenvalue weighted by Gasteiger charge is -2.35. The number of nitrogens with zero attached hydrogens (tertiary/aromatic N) is 6. The predicted molar refractivity (Wildman–Crippen MR) is 75.5 cm³/mol. The van der Waals surface area contributed by atoms with E-state index in [0.717, 1.165) is 18.3 Å². The average molecular weight is 272 g/mol. The average Bonchev–Trinajstić information content (AvgIpc) is 3.20. The summed E-state index contributed by atoms with van der Waals surface area (Å²) in [6.07, 6.45) is 9.40. The van der Waals surface area contributed by atoms with Crippen molar-refractivity contribution in [3.8, 4) is 0 Å². The van der Waals surface area contributed by atoms with Gasteiger partial charge >= 0.3 is 0 Å². The molecule has 0 bridgehead atoms. The zero-order chi connectivity index (χ0) is 13.4. The third-order valence-electron chi connectivity index (χ3n) is 4.52. The van der Waals surface area contributed by atoms with Crippen LogP contribution in [0.15, 0.2) is 12.1 Å². The van der Waals surface area contributed by atoms with Gasteiger partial charge in [-0.2, -0.15) is 0 Å². The third kappa shape index (κ3) is 2.34. The van der Waals surface area contributed by atoms with Crippen LogP contribution in [0, 0.1) is 5.92 Å². The van der Waals surface area contributed by atoms with Crippen molar-refractivity contribution >= 4 is 11.5 Å². The molecule has 4 rings (SSSR count). The minimum absolute atomic E-state index is 0.644. The molecule has 20 heavy (non-hydrogen) atoms. The number of hydrogen-bond donors (Lipinski definition) is 0. The fourth-order valence-electron chi connectivity index (χ4n) is 3.19. The van der Waals surface area contributed by atoms with Crippen LogP contribution in [-0.4, -0.2) is 37.8 Å². The minimum atomic E-state index is 0.644. The molecule has 0 aliphatic heterocycles. The first-order chi connectivity index (χ1) is 9.90. The maximum atomic E-state index is 4.60. The molecular weight excluding hydrogens is 252 g/mol. The van der Waals surface area contributed by atoms with E-state index in [1.54, 1.807) is 0 Å². The van der Waals surface area contributed by atoms with Crippen LogP contribution in [0.2, 0.25) is 0 Å². The van der Waals surface area contributed by atoms with Gasteiger partial charge in [0.05, 0.1) is 0 Å². The van der Waals surface area contributed by atoms with Crippen molar-refractivity contribution in [3.63, 3.8) is 0 Å². The number of fused-ring (bicyclic) bond motifs is 1. The van der Waals surface area contributed by atoms with Gasteiger partial charge in [-0.05, 0) is 54.2 Å². The van der Waals surface area contributed by atoms with E-state index in [9.17, 15) is 0 Å². The largest absolute Gasteiger partial charge is 0.352 e. The van der Waals surface area contributed by atoms with E-state index in [4.69, 9.17) is 0 Å². The van der Waals surface area contributed by atoms with Crippen LogP contribution < -0.4 is 4.90 Å². The van der Waals surface area contributed by atoms with E-state index < -0.39 is 0 Å². The Bertz CT molecular complexity index is 584. The summed E-state index contributed by atoms with van der Waals surface area (Å²) in [7, 11) is 0. The molecule has 0 saturated heterocycles. The highest BCUT2D eigenvalue weighted by molar-refractivity contribution is 5.45. The monoisotopic (exact) mass is 272 g/mol. The Morgan fingerprint density at radius 1 is 1.10 bits per heavy atom. The van der Waals surface area contributed by atoms with Gasteiger partial charge in [-0.25, -0.2) is 0 Å². The van der Waals surface area contributed by atoms with Crippen molar-refractivity contribution in [3.05, 3.63) is 12.1 Å². The molecule has 0 unspecified atom stereocenters. The summed E-state index contributed by atoms with van der Waals surface area (Å²) in [5.41, 5.74) is 0.712. The number of hydrogen-bond acceptors (Lipinski definition) is 5. The Morgan fingerprint density at radius 3 is 2.75 bits per heavy atom. The van der Waals surface area contributed by atoms with Crippen molar-refractivity contribution in [2.75, 3.05) is 11.4 Å². The zero-order valence-corrected chi connectivity index (χ0v) is 11.6. The Balaban J connectivity index is 1.64. The van der Waals surface area contributed by atoms with Crippen molar-refractivity contribution in [2.24, 2.45) is 5.92 Å². The molecule has 2 fully saturated rings. The van der Waals surface area contributed by atoms with E-state index in [1.807, 2.05) is 6.07 Å². The molecular formula is C14H20N6. The molecule has 0 spiro atoms. The first-order valence-electron chi connectivity index (χ1n) is 7.72. The van der Waals surface area contributed by atoms with E-state index in [0.29, 0.717) is 11.7 Å². The quantitative estimate of drug-likeness (QED) is 0.852. The summed E-state index contributed by atoms with van der Waals surface area (Å²) < 4.78 is 1.54. The lowest BCUT2D eigenvalue weighted by Crippen LogP contribution is -2.39. The highest BCUT2D eigenvalue weighted by atomic mass is 15.6. The maximum absolute atomic E-state index is 4.60. The van der Waals surface area contributed by atoms with E-state index in [-0.39, 0.29) is 0 Å². The smallest absolute Gasteiger partial charge is 0.200 e. The Morgan fingerprint density at radius 2 is 1.95 bits per heavy atom. The topological polar surface area (TPSA) is 59.2 Å². The van der Waals surface area contributed by atoms with Gasteiger partial charge in [0.15, 0.2) is 11.5 Å². The highest BCUT2D eigenvalue weighted by Gasteiger charge is 2.30. The SMILES string of the molecule is c1cc2nnnn2nc1N(CC1CC1)C1CCCCC1. The van der Waals surface area contributed by atoms with Crippen molar-refractivity contribution < 1.29 is 0 Å². The molecule has 0 N–H and O–H groups in total. The summed E-state index contributed by atoms with van der Waals surface area (Å²) in [4.78, 5) is 2.51. The molecule has 6 nitrogen and oxygen atoms in total. The summed E-state index contributed by atoms with van der Waals surface area (Å²) in [5, 5.41) is 16.1. The summed E-state index contributed by atoms with van der Waals surface area (Å²) >= 11 is 0. The fourth-order valence-corrected chi connectivity index (χ4v) is 3.19. The molecule has 0 radical (unpaired) electrons. The van der Waals surface area contributed by atoms with Gasteiger partial charge in [-0.1, -0.05) is 19.3 Å². The van der Waals surface area contributed by atoms with Crippen LogP contribution in [0.4, 0.5) is 5.82 Å². The second kappa shape index (κ2) is 5.00. The van der Waals surface area contributed by atoms with E-state index in [2.05, 4.69) is 31.6 Å².